The number of fused-ring (bicyclic) bond motifs is 1. The van der Waals surface area contributed by atoms with E-state index in [0.717, 1.165) is 5.56 Å². The highest BCUT2D eigenvalue weighted by atomic mass is 16.4. The largest absolute Gasteiger partial charge is 0.493 e. The SMILES string of the molecule is O=C(N=Nc1c(O)n(Cc2ccccc2)c2ccccc12)C(=O)Nc1cccc(C(=O)O)c1. The third-order valence-electron chi connectivity index (χ3n) is 4.90. The van der Waals surface area contributed by atoms with Crippen molar-refractivity contribution >= 4 is 40.1 Å². The molecule has 1 heterocycles. The predicted molar refractivity (Wildman–Crippen MR) is 121 cm³/mol. The predicted octanol–water partition coefficient (Wildman–Crippen LogP) is 4.34. The first-order valence-corrected chi connectivity index (χ1v) is 9.88. The maximum absolute atomic E-state index is 12.2. The van der Waals surface area contributed by atoms with Crippen LogP contribution in [0, 0.1) is 0 Å². The number of carboxylic acids is 1. The van der Waals surface area contributed by atoms with Crippen molar-refractivity contribution < 1.29 is 24.6 Å². The summed E-state index contributed by atoms with van der Waals surface area (Å²) in [5.74, 6) is -3.64. The Kier molecular flexibility index (Phi) is 5.94. The van der Waals surface area contributed by atoms with Gasteiger partial charge in [-0.3, -0.25) is 9.59 Å². The molecule has 0 unspecified atom stereocenters. The Bertz CT molecular complexity index is 1390. The molecule has 0 spiro atoms. The van der Waals surface area contributed by atoms with Crippen LogP contribution < -0.4 is 5.32 Å². The minimum Gasteiger partial charge on any atom is -0.493 e. The van der Waals surface area contributed by atoms with Crippen LogP contribution in [-0.2, 0) is 16.1 Å². The number of carbonyl (C=O) groups is 3. The zero-order valence-electron chi connectivity index (χ0n) is 17.2. The number of amides is 2. The van der Waals surface area contributed by atoms with Crippen LogP contribution in [0.2, 0.25) is 0 Å². The lowest BCUT2D eigenvalue weighted by Crippen LogP contribution is -2.20. The van der Waals surface area contributed by atoms with Gasteiger partial charge in [0.05, 0.1) is 17.6 Å². The lowest BCUT2D eigenvalue weighted by Gasteiger charge is -2.06. The van der Waals surface area contributed by atoms with E-state index in [9.17, 15) is 19.5 Å². The van der Waals surface area contributed by atoms with E-state index in [1.165, 1.54) is 24.3 Å². The second kappa shape index (κ2) is 9.15. The average Bonchev–Trinajstić information content (AvgIpc) is 3.09. The van der Waals surface area contributed by atoms with Gasteiger partial charge in [0.1, 0.15) is 0 Å². The number of nitrogens with one attached hydrogen (secondary N) is 1. The molecule has 0 bridgehead atoms. The highest BCUT2D eigenvalue weighted by molar-refractivity contribution is 6.40. The van der Waals surface area contributed by atoms with Crippen molar-refractivity contribution in [1.29, 1.82) is 0 Å². The maximum Gasteiger partial charge on any atom is 0.353 e. The molecule has 9 nitrogen and oxygen atoms in total. The number of aromatic nitrogens is 1. The van der Waals surface area contributed by atoms with Crippen LogP contribution in [0.5, 0.6) is 5.88 Å². The molecule has 164 valence electrons. The van der Waals surface area contributed by atoms with Crippen molar-refractivity contribution in [2.24, 2.45) is 10.2 Å². The number of azo groups is 1. The average molecular weight is 442 g/mol. The fourth-order valence-electron chi connectivity index (χ4n) is 3.35. The van der Waals surface area contributed by atoms with Crippen molar-refractivity contribution in [2.75, 3.05) is 5.32 Å². The minimum absolute atomic E-state index is 0.0435. The molecule has 3 aromatic carbocycles. The van der Waals surface area contributed by atoms with Gasteiger partial charge >= 0.3 is 17.8 Å². The first-order chi connectivity index (χ1) is 15.9. The van der Waals surface area contributed by atoms with E-state index in [4.69, 9.17) is 5.11 Å². The Hall–Kier alpha value is -4.79. The molecule has 0 saturated carbocycles. The number of carboxylic acid groups (broad SMARTS) is 1. The van der Waals surface area contributed by atoms with E-state index in [2.05, 4.69) is 15.5 Å². The zero-order chi connectivity index (χ0) is 23.4. The van der Waals surface area contributed by atoms with E-state index >= 15 is 0 Å². The molecule has 4 rings (SSSR count). The Morgan fingerprint density at radius 2 is 1.64 bits per heavy atom. The molecule has 0 saturated heterocycles. The standard InChI is InChI=1S/C24H18N4O5/c29-21(25-17-10-6-9-16(13-17)24(32)33)22(30)27-26-20-18-11-4-5-12-19(18)28(23(20)31)14-15-7-2-1-3-8-15/h1-13,31H,14H2,(H,25,29)(H,32,33). The van der Waals surface area contributed by atoms with E-state index in [0.29, 0.717) is 17.4 Å². The highest BCUT2D eigenvalue weighted by Crippen LogP contribution is 2.39. The molecule has 0 radical (unpaired) electrons. The topological polar surface area (TPSA) is 133 Å². The number of carbonyl (C=O) groups excluding carboxylic acids is 2. The van der Waals surface area contributed by atoms with Gasteiger partial charge in [0, 0.05) is 11.1 Å². The van der Waals surface area contributed by atoms with Crippen LogP contribution in [0.4, 0.5) is 11.4 Å². The van der Waals surface area contributed by atoms with Crippen molar-refractivity contribution in [2.45, 2.75) is 6.54 Å². The van der Waals surface area contributed by atoms with Crippen molar-refractivity contribution in [3.63, 3.8) is 0 Å². The van der Waals surface area contributed by atoms with E-state index in [1.807, 2.05) is 36.4 Å². The summed E-state index contributed by atoms with van der Waals surface area (Å²) in [5, 5.41) is 30.0. The Morgan fingerprint density at radius 1 is 0.909 bits per heavy atom. The summed E-state index contributed by atoms with van der Waals surface area (Å²) in [4.78, 5) is 35.4. The van der Waals surface area contributed by atoms with Crippen molar-refractivity contribution in [3.8, 4) is 5.88 Å². The maximum atomic E-state index is 12.2. The molecule has 0 aliphatic rings. The fourth-order valence-corrected chi connectivity index (χ4v) is 3.35. The number of anilines is 1. The fraction of sp³-hybridized carbons (Fsp3) is 0.0417. The molecule has 33 heavy (non-hydrogen) atoms. The van der Waals surface area contributed by atoms with Crippen molar-refractivity contribution in [1.82, 2.24) is 4.57 Å². The van der Waals surface area contributed by atoms with Gasteiger partial charge in [-0.1, -0.05) is 54.6 Å². The lowest BCUT2D eigenvalue weighted by atomic mass is 10.2. The van der Waals surface area contributed by atoms with Gasteiger partial charge < -0.3 is 20.1 Å². The molecular formula is C24H18N4O5. The molecule has 3 N–H and O–H groups in total. The number of aromatic carboxylic acids is 1. The van der Waals surface area contributed by atoms with Crippen LogP contribution in [0.3, 0.4) is 0 Å². The van der Waals surface area contributed by atoms with Crippen LogP contribution in [0.1, 0.15) is 15.9 Å². The number of para-hydroxylation sites is 1. The van der Waals surface area contributed by atoms with Gasteiger partial charge in [-0.15, -0.1) is 10.2 Å². The second-order valence-corrected chi connectivity index (χ2v) is 7.11. The quantitative estimate of drug-likeness (QED) is 0.312. The molecule has 4 aromatic rings. The first-order valence-electron chi connectivity index (χ1n) is 9.88. The number of hydrogen-bond donors (Lipinski definition) is 3. The third kappa shape index (κ3) is 4.62. The molecule has 2 amide bonds. The molecular weight excluding hydrogens is 424 g/mol. The smallest absolute Gasteiger partial charge is 0.353 e. The highest BCUT2D eigenvalue weighted by Gasteiger charge is 2.19. The summed E-state index contributed by atoms with van der Waals surface area (Å²) >= 11 is 0. The molecule has 0 aliphatic carbocycles. The van der Waals surface area contributed by atoms with E-state index < -0.39 is 17.8 Å². The molecule has 9 heteroatoms. The number of hydrogen-bond acceptors (Lipinski definition) is 5. The number of rotatable bonds is 5. The summed E-state index contributed by atoms with van der Waals surface area (Å²) in [5.41, 5.74) is 1.80. The van der Waals surface area contributed by atoms with Gasteiger partial charge in [0.2, 0.25) is 5.88 Å². The van der Waals surface area contributed by atoms with E-state index in [1.54, 1.807) is 22.8 Å². The minimum atomic E-state index is -1.20. The normalized spacial score (nSPS) is 11.0. The summed E-state index contributed by atoms with van der Waals surface area (Å²) in [6.45, 7) is 0.372. The van der Waals surface area contributed by atoms with Gasteiger partial charge in [0.15, 0.2) is 5.69 Å². The van der Waals surface area contributed by atoms with Crippen molar-refractivity contribution in [3.05, 3.63) is 90.0 Å². The summed E-state index contributed by atoms with van der Waals surface area (Å²) in [6.07, 6.45) is 0. The molecule has 1 aromatic heterocycles. The Morgan fingerprint density at radius 3 is 2.39 bits per heavy atom. The molecule has 0 aliphatic heterocycles. The van der Waals surface area contributed by atoms with E-state index in [-0.39, 0.29) is 22.8 Å². The third-order valence-corrected chi connectivity index (χ3v) is 4.90. The number of benzene rings is 3. The molecule has 0 atom stereocenters. The van der Waals surface area contributed by atoms with Gasteiger partial charge in [-0.25, -0.2) is 4.79 Å². The lowest BCUT2D eigenvalue weighted by molar-refractivity contribution is -0.134. The summed E-state index contributed by atoms with van der Waals surface area (Å²) in [6, 6.07) is 22.1. The zero-order valence-corrected chi connectivity index (χ0v) is 17.2. The van der Waals surface area contributed by atoms with Gasteiger partial charge in [0.25, 0.3) is 0 Å². The first kappa shape index (κ1) is 21.4. The number of nitrogens with zero attached hydrogens (tertiary/aromatic N) is 3. The van der Waals surface area contributed by atoms with Crippen LogP contribution in [-0.4, -0.2) is 32.6 Å². The Balaban J connectivity index is 1.58. The van der Waals surface area contributed by atoms with Gasteiger partial charge in [-0.2, -0.15) is 0 Å². The second-order valence-electron chi connectivity index (χ2n) is 7.11. The van der Waals surface area contributed by atoms with Crippen LogP contribution in [0.25, 0.3) is 10.9 Å². The summed E-state index contributed by atoms with van der Waals surface area (Å²) < 4.78 is 1.64. The van der Waals surface area contributed by atoms with Crippen LogP contribution in [0.15, 0.2) is 89.1 Å². The number of aromatic hydroxyl groups is 1. The monoisotopic (exact) mass is 442 g/mol. The summed E-state index contributed by atoms with van der Waals surface area (Å²) in [7, 11) is 0. The Labute approximate surface area is 187 Å². The molecule has 0 fully saturated rings. The van der Waals surface area contributed by atoms with Crippen LogP contribution >= 0.6 is 0 Å². The van der Waals surface area contributed by atoms with Gasteiger partial charge in [-0.05, 0) is 29.8 Å².